The molecule has 0 unspecified atom stereocenters. The van der Waals surface area contributed by atoms with Crippen molar-refractivity contribution in [1.82, 2.24) is 14.8 Å². The van der Waals surface area contributed by atoms with Crippen molar-refractivity contribution in [3.8, 4) is 0 Å². The fourth-order valence-electron chi connectivity index (χ4n) is 4.14. The molecule has 1 aliphatic heterocycles. The van der Waals surface area contributed by atoms with Gasteiger partial charge in [-0.25, -0.2) is 0 Å². The topological polar surface area (TPSA) is 78.3 Å². The van der Waals surface area contributed by atoms with E-state index in [0.717, 1.165) is 72.4 Å². The average Bonchev–Trinajstić information content (AvgIpc) is 3.44. The molecule has 9 heteroatoms. The Kier molecular flexibility index (Phi) is 8.32. The van der Waals surface area contributed by atoms with Crippen molar-refractivity contribution in [3.05, 3.63) is 34.6 Å². The summed E-state index contributed by atoms with van der Waals surface area (Å²) in [4.78, 5) is 12.4. The number of aromatic nitrogens is 3. The number of hydrogen-bond acceptors (Lipinski definition) is 7. The molecule has 1 aromatic carbocycles. The van der Waals surface area contributed by atoms with Gasteiger partial charge in [-0.3, -0.25) is 4.79 Å². The highest BCUT2D eigenvalue weighted by Crippen LogP contribution is 2.25. The zero-order valence-electron chi connectivity index (χ0n) is 18.5. The molecule has 1 saturated heterocycles. The molecule has 1 N–H and O–H groups in total. The molecule has 0 bridgehead atoms. The lowest BCUT2D eigenvalue weighted by atomic mass is 9.98. The minimum Gasteiger partial charge on any atom is -0.462 e. The Morgan fingerprint density at radius 2 is 2.09 bits per heavy atom. The molecule has 2 aromatic rings. The normalized spacial score (nSPS) is 19.2. The van der Waals surface area contributed by atoms with Crippen LogP contribution in [0.15, 0.2) is 23.4 Å². The van der Waals surface area contributed by atoms with Gasteiger partial charge in [0.25, 0.3) is 0 Å². The highest BCUT2D eigenvalue weighted by Gasteiger charge is 2.23. The number of hydrogen-bond donors (Lipinski definition) is 1. The van der Waals surface area contributed by atoms with Crippen LogP contribution in [0.2, 0.25) is 5.02 Å². The zero-order valence-corrected chi connectivity index (χ0v) is 20.1. The SMILES string of the molecule is Cc1ccc(NCc2nnc(SCC(=O)OC3CCCCC3)n2C[C@@H]2CCCO2)cc1Cl. The summed E-state index contributed by atoms with van der Waals surface area (Å²) >= 11 is 7.63. The highest BCUT2D eigenvalue weighted by atomic mass is 35.5. The van der Waals surface area contributed by atoms with Gasteiger partial charge in [-0.1, -0.05) is 35.9 Å². The van der Waals surface area contributed by atoms with Crippen LogP contribution >= 0.6 is 23.4 Å². The predicted octanol–water partition coefficient (Wildman–Crippen LogP) is 5.00. The van der Waals surface area contributed by atoms with Crippen molar-refractivity contribution in [1.29, 1.82) is 0 Å². The van der Waals surface area contributed by atoms with Gasteiger partial charge in [0, 0.05) is 17.3 Å². The van der Waals surface area contributed by atoms with Gasteiger partial charge >= 0.3 is 5.97 Å². The van der Waals surface area contributed by atoms with Crippen LogP contribution in [0.1, 0.15) is 56.3 Å². The van der Waals surface area contributed by atoms with Crippen LogP contribution in [0.5, 0.6) is 0 Å². The monoisotopic (exact) mass is 478 g/mol. The number of benzene rings is 1. The quantitative estimate of drug-likeness (QED) is 0.401. The number of esters is 1. The number of carbonyl (C=O) groups excluding carboxylic acids is 1. The molecule has 0 radical (unpaired) electrons. The maximum absolute atomic E-state index is 12.4. The molecular formula is C23H31ClN4O3S. The van der Waals surface area contributed by atoms with Crippen LogP contribution < -0.4 is 5.32 Å². The maximum Gasteiger partial charge on any atom is 0.316 e. The first kappa shape index (κ1) is 23.4. The number of halogens is 1. The number of nitrogens with zero attached hydrogens (tertiary/aromatic N) is 3. The summed E-state index contributed by atoms with van der Waals surface area (Å²) in [5, 5.41) is 13.6. The van der Waals surface area contributed by atoms with E-state index in [0.29, 0.717) is 13.1 Å². The van der Waals surface area contributed by atoms with Crippen molar-refractivity contribution in [2.24, 2.45) is 0 Å². The number of rotatable bonds is 9. The number of carbonyl (C=O) groups is 1. The summed E-state index contributed by atoms with van der Waals surface area (Å²) in [5.41, 5.74) is 1.97. The lowest BCUT2D eigenvalue weighted by molar-refractivity contribution is -0.147. The van der Waals surface area contributed by atoms with Crippen LogP contribution in [0, 0.1) is 6.92 Å². The Hall–Kier alpha value is -1.77. The Bertz CT molecular complexity index is 911. The van der Waals surface area contributed by atoms with Crippen molar-refractivity contribution in [2.45, 2.75) is 82.3 Å². The smallest absolute Gasteiger partial charge is 0.316 e. The molecule has 7 nitrogen and oxygen atoms in total. The van der Waals surface area contributed by atoms with E-state index in [4.69, 9.17) is 21.1 Å². The summed E-state index contributed by atoms with van der Waals surface area (Å²) in [5.74, 6) is 0.865. The minimum atomic E-state index is -0.178. The molecule has 1 aromatic heterocycles. The fraction of sp³-hybridized carbons (Fsp3) is 0.609. The summed E-state index contributed by atoms with van der Waals surface area (Å²) in [7, 11) is 0. The number of nitrogens with one attached hydrogen (secondary N) is 1. The molecule has 1 saturated carbocycles. The molecule has 2 fully saturated rings. The number of aryl methyl sites for hydroxylation is 1. The van der Waals surface area contributed by atoms with Crippen LogP contribution in [0.4, 0.5) is 5.69 Å². The van der Waals surface area contributed by atoms with E-state index in [-0.39, 0.29) is 23.9 Å². The van der Waals surface area contributed by atoms with E-state index in [1.165, 1.54) is 18.2 Å². The second-order valence-electron chi connectivity index (χ2n) is 8.50. The molecule has 4 rings (SSSR count). The third-order valence-electron chi connectivity index (χ3n) is 6.00. The lowest BCUT2D eigenvalue weighted by Gasteiger charge is -2.21. The third kappa shape index (κ3) is 6.39. The van der Waals surface area contributed by atoms with Crippen molar-refractivity contribution >= 4 is 35.0 Å². The van der Waals surface area contributed by atoms with E-state index in [9.17, 15) is 4.79 Å². The highest BCUT2D eigenvalue weighted by molar-refractivity contribution is 7.99. The standard InChI is InChI=1S/C23H31ClN4O3S/c1-16-9-10-17(12-20(16)24)25-13-21-26-27-23(28(21)14-19-8-5-11-30-19)32-15-22(29)31-18-6-3-2-4-7-18/h9-10,12,18-19,25H,2-8,11,13-15H2,1H3/t19-/m0/s1. The van der Waals surface area contributed by atoms with Gasteiger partial charge in [-0.2, -0.15) is 0 Å². The van der Waals surface area contributed by atoms with Crippen LogP contribution in [0.25, 0.3) is 0 Å². The zero-order chi connectivity index (χ0) is 22.3. The van der Waals surface area contributed by atoms with Gasteiger partial charge in [0.1, 0.15) is 6.10 Å². The molecule has 174 valence electrons. The lowest BCUT2D eigenvalue weighted by Crippen LogP contribution is -2.22. The van der Waals surface area contributed by atoms with Crippen LogP contribution in [-0.2, 0) is 27.4 Å². The van der Waals surface area contributed by atoms with Gasteiger partial charge < -0.3 is 19.4 Å². The van der Waals surface area contributed by atoms with Gasteiger partial charge in [-0.05, 0) is 63.1 Å². The van der Waals surface area contributed by atoms with E-state index >= 15 is 0 Å². The second kappa shape index (κ2) is 11.4. The molecule has 32 heavy (non-hydrogen) atoms. The van der Waals surface area contributed by atoms with E-state index in [1.54, 1.807) is 0 Å². The Morgan fingerprint density at radius 1 is 1.25 bits per heavy atom. The number of ether oxygens (including phenoxy) is 2. The molecule has 1 atom stereocenters. The summed E-state index contributed by atoms with van der Waals surface area (Å²) < 4.78 is 13.6. The summed E-state index contributed by atoms with van der Waals surface area (Å²) in [6.07, 6.45) is 7.78. The maximum atomic E-state index is 12.4. The fourth-order valence-corrected chi connectivity index (χ4v) is 5.07. The van der Waals surface area contributed by atoms with Crippen LogP contribution in [-0.4, -0.2) is 45.3 Å². The minimum absolute atomic E-state index is 0.0719. The van der Waals surface area contributed by atoms with Crippen molar-refractivity contribution in [2.75, 3.05) is 17.7 Å². The first-order valence-electron chi connectivity index (χ1n) is 11.4. The van der Waals surface area contributed by atoms with Gasteiger partial charge in [0.05, 0.1) is 24.9 Å². The Morgan fingerprint density at radius 3 is 2.84 bits per heavy atom. The first-order valence-corrected chi connectivity index (χ1v) is 12.8. The van der Waals surface area contributed by atoms with Crippen molar-refractivity contribution in [3.63, 3.8) is 0 Å². The van der Waals surface area contributed by atoms with Gasteiger partial charge in [0.2, 0.25) is 0 Å². The van der Waals surface area contributed by atoms with Gasteiger partial charge in [-0.15, -0.1) is 10.2 Å². The van der Waals surface area contributed by atoms with Gasteiger partial charge in [0.15, 0.2) is 11.0 Å². The molecular weight excluding hydrogens is 448 g/mol. The first-order chi connectivity index (χ1) is 15.6. The molecule has 1 aliphatic carbocycles. The Balaban J connectivity index is 1.39. The molecule has 2 heterocycles. The van der Waals surface area contributed by atoms with E-state index in [2.05, 4.69) is 20.1 Å². The Labute approximate surface area is 198 Å². The number of anilines is 1. The van der Waals surface area contributed by atoms with Crippen LogP contribution in [0.3, 0.4) is 0 Å². The average molecular weight is 479 g/mol. The number of thioether (sulfide) groups is 1. The van der Waals surface area contributed by atoms with Crippen molar-refractivity contribution < 1.29 is 14.3 Å². The molecule has 0 amide bonds. The predicted molar refractivity (Wildman–Crippen MR) is 126 cm³/mol. The largest absolute Gasteiger partial charge is 0.462 e. The summed E-state index contributed by atoms with van der Waals surface area (Å²) in [6, 6.07) is 5.90. The second-order valence-corrected chi connectivity index (χ2v) is 9.85. The third-order valence-corrected chi connectivity index (χ3v) is 7.34. The molecule has 0 spiro atoms. The molecule has 2 aliphatic rings. The van der Waals surface area contributed by atoms with E-state index < -0.39 is 0 Å². The van der Waals surface area contributed by atoms with E-state index in [1.807, 2.05) is 25.1 Å². The summed E-state index contributed by atoms with van der Waals surface area (Å²) in [6.45, 7) is 3.95.